The highest BCUT2D eigenvalue weighted by Crippen LogP contribution is 2.19. The van der Waals surface area contributed by atoms with Crippen molar-refractivity contribution in [2.75, 3.05) is 4.90 Å². The summed E-state index contributed by atoms with van der Waals surface area (Å²) < 4.78 is 13.2. The number of aryl methyl sites for hydroxylation is 1. The molecule has 0 saturated heterocycles. The van der Waals surface area contributed by atoms with E-state index in [1.54, 1.807) is 35.6 Å². The van der Waals surface area contributed by atoms with Crippen molar-refractivity contribution in [1.29, 1.82) is 0 Å². The summed E-state index contributed by atoms with van der Waals surface area (Å²) in [7, 11) is 0. The van der Waals surface area contributed by atoms with E-state index < -0.39 is 0 Å². The molecule has 4 nitrogen and oxygen atoms in total. The molecule has 0 saturated carbocycles. The summed E-state index contributed by atoms with van der Waals surface area (Å²) in [6, 6.07) is 13.4. The highest BCUT2D eigenvalue weighted by atomic mass is 19.1. The van der Waals surface area contributed by atoms with Crippen LogP contribution < -0.4 is 4.90 Å². The van der Waals surface area contributed by atoms with Gasteiger partial charge >= 0.3 is 0 Å². The second-order valence-electron chi connectivity index (χ2n) is 5.80. The van der Waals surface area contributed by atoms with Crippen molar-refractivity contribution in [2.45, 2.75) is 19.9 Å². The molecule has 25 heavy (non-hydrogen) atoms. The zero-order chi connectivity index (χ0) is 17.6. The van der Waals surface area contributed by atoms with Gasteiger partial charge in [-0.25, -0.2) is 4.39 Å². The summed E-state index contributed by atoms with van der Waals surface area (Å²) in [5.41, 5.74) is 3.30. The molecule has 1 amide bonds. The Morgan fingerprint density at radius 2 is 1.84 bits per heavy atom. The zero-order valence-electron chi connectivity index (χ0n) is 13.9. The third kappa shape index (κ3) is 4.47. The second kappa shape index (κ2) is 7.66. The molecule has 0 radical (unpaired) electrons. The van der Waals surface area contributed by atoms with Crippen LogP contribution in [0.5, 0.6) is 0 Å². The molecular formula is C20H18FN3O. The van der Waals surface area contributed by atoms with Crippen LogP contribution in [0, 0.1) is 12.7 Å². The Morgan fingerprint density at radius 3 is 2.48 bits per heavy atom. The van der Waals surface area contributed by atoms with Crippen molar-refractivity contribution in [2.24, 2.45) is 0 Å². The largest absolute Gasteiger partial charge is 0.308 e. The van der Waals surface area contributed by atoms with Gasteiger partial charge in [0.2, 0.25) is 5.91 Å². The Bertz CT molecular complexity index is 833. The number of pyridine rings is 2. The number of rotatable bonds is 5. The summed E-state index contributed by atoms with van der Waals surface area (Å²) in [5, 5.41) is 0. The van der Waals surface area contributed by atoms with E-state index in [-0.39, 0.29) is 18.1 Å². The predicted octanol–water partition coefficient (Wildman–Crippen LogP) is 3.70. The number of amides is 1. The number of hydrogen-bond acceptors (Lipinski definition) is 3. The Balaban J connectivity index is 1.85. The number of aromatic nitrogens is 2. The van der Waals surface area contributed by atoms with Gasteiger partial charge in [-0.15, -0.1) is 0 Å². The molecule has 126 valence electrons. The maximum atomic E-state index is 13.2. The highest BCUT2D eigenvalue weighted by Gasteiger charge is 2.17. The number of anilines is 1. The average molecular weight is 335 g/mol. The van der Waals surface area contributed by atoms with Gasteiger partial charge in [-0.05, 0) is 54.4 Å². The molecule has 0 spiro atoms. The molecule has 2 heterocycles. The Hall–Kier alpha value is -3.08. The molecule has 0 atom stereocenters. The van der Waals surface area contributed by atoms with Crippen molar-refractivity contribution in [3.05, 3.63) is 89.8 Å². The normalized spacial score (nSPS) is 10.5. The van der Waals surface area contributed by atoms with Gasteiger partial charge in [0.25, 0.3) is 0 Å². The number of hydrogen-bond donors (Lipinski definition) is 0. The first-order valence-electron chi connectivity index (χ1n) is 7.98. The number of halogens is 1. The lowest BCUT2D eigenvalue weighted by Crippen LogP contribution is -2.31. The molecule has 5 heteroatoms. The fraction of sp³-hybridized carbons (Fsp3) is 0.150. The third-order valence-corrected chi connectivity index (χ3v) is 3.83. The van der Waals surface area contributed by atoms with Gasteiger partial charge in [0.1, 0.15) is 5.82 Å². The topological polar surface area (TPSA) is 46.1 Å². The summed E-state index contributed by atoms with van der Waals surface area (Å²) in [6.07, 6.45) is 5.34. The number of benzene rings is 1. The van der Waals surface area contributed by atoms with E-state index in [2.05, 4.69) is 9.97 Å². The first-order chi connectivity index (χ1) is 12.1. The smallest absolute Gasteiger partial charge is 0.231 e. The van der Waals surface area contributed by atoms with Crippen molar-refractivity contribution < 1.29 is 9.18 Å². The van der Waals surface area contributed by atoms with E-state index in [9.17, 15) is 9.18 Å². The molecule has 1 aromatic carbocycles. The lowest BCUT2D eigenvalue weighted by molar-refractivity contribution is -0.118. The van der Waals surface area contributed by atoms with Crippen LogP contribution in [-0.2, 0) is 17.8 Å². The van der Waals surface area contributed by atoms with E-state index in [0.29, 0.717) is 12.2 Å². The van der Waals surface area contributed by atoms with E-state index in [4.69, 9.17) is 0 Å². The van der Waals surface area contributed by atoms with Crippen molar-refractivity contribution >= 4 is 11.6 Å². The predicted molar refractivity (Wildman–Crippen MR) is 94.5 cm³/mol. The van der Waals surface area contributed by atoms with Gasteiger partial charge < -0.3 is 4.90 Å². The summed E-state index contributed by atoms with van der Waals surface area (Å²) in [4.78, 5) is 22.8. The Morgan fingerprint density at radius 1 is 1.04 bits per heavy atom. The van der Waals surface area contributed by atoms with E-state index >= 15 is 0 Å². The first kappa shape index (κ1) is 16.8. The van der Waals surface area contributed by atoms with E-state index in [1.165, 1.54) is 12.1 Å². The molecule has 2 aromatic heterocycles. The lowest BCUT2D eigenvalue weighted by Gasteiger charge is -2.23. The fourth-order valence-corrected chi connectivity index (χ4v) is 2.49. The van der Waals surface area contributed by atoms with Gasteiger partial charge in [0, 0.05) is 30.0 Å². The van der Waals surface area contributed by atoms with Gasteiger partial charge in [0.05, 0.1) is 13.0 Å². The average Bonchev–Trinajstić information content (AvgIpc) is 2.63. The SMILES string of the molecule is Cc1ccc(CC(=O)N(Cc2cccnc2)c2ccc(F)cc2)cn1. The van der Waals surface area contributed by atoms with Crippen LogP contribution in [0.3, 0.4) is 0 Å². The summed E-state index contributed by atoms with van der Waals surface area (Å²) in [6.45, 7) is 2.27. The minimum Gasteiger partial charge on any atom is -0.308 e. The van der Waals surface area contributed by atoms with E-state index in [0.717, 1.165) is 16.8 Å². The molecular weight excluding hydrogens is 317 g/mol. The molecule has 3 aromatic rings. The lowest BCUT2D eigenvalue weighted by atomic mass is 10.1. The first-order valence-corrected chi connectivity index (χ1v) is 7.98. The maximum absolute atomic E-state index is 13.2. The molecule has 0 N–H and O–H groups in total. The number of nitrogens with zero attached hydrogens (tertiary/aromatic N) is 3. The monoisotopic (exact) mass is 335 g/mol. The Kier molecular flexibility index (Phi) is 5.14. The molecule has 0 aliphatic rings. The van der Waals surface area contributed by atoms with Crippen LogP contribution in [0.15, 0.2) is 67.1 Å². The van der Waals surface area contributed by atoms with Gasteiger partial charge in [0.15, 0.2) is 0 Å². The maximum Gasteiger partial charge on any atom is 0.231 e. The number of carbonyl (C=O) groups is 1. The second-order valence-corrected chi connectivity index (χ2v) is 5.80. The van der Waals surface area contributed by atoms with Gasteiger partial charge in [-0.1, -0.05) is 12.1 Å². The van der Waals surface area contributed by atoms with Crippen LogP contribution in [-0.4, -0.2) is 15.9 Å². The molecule has 0 aliphatic heterocycles. The molecule has 3 rings (SSSR count). The van der Waals surface area contributed by atoms with Crippen LogP contribution in [0.2, 0.25) is 0 Å². The fourth-order valence-electron chi connectivity index (χ4n) is 2.49. The van der Waals surface area contributed by atoms with Crippen LogP contribution >= 0.6 is 0 Å². The molecule has 0 unspecified atom stereocenters. The van der Waals surface area contributed by atoms with Crippen molar-refractivity contribution in [1.82, 2.24) is 9.97 Å². The standard InChI is InChI=1S/C20H18FN3O/c1-15-4-5-16(13-23-15)11-20(25)24(14-17-3-2-10-22-12-17)19-8-6-18(21)7-9-19/h2-10,12-13H,11,14H2,1H3. The minimum atomic E-state index is -0.333. The molecule has 0 aliphatic carbocycles. The van der Waals surface area contributed by atoms with Crippen LogP contribution in [0.25, 0.3) is 0 Å². The van der Waals surface area contributed by atoms with Crippen molar-refractivity contribution in [3.63, 3.8) is 0 Å². The van der Waals surface area contributed by atoms with Gasteiger partial charge in [-0.3, -0.25) is 14.8 Å². The highest BCUT2D eigenvalue weighted by molar-refractivity contribution is 5.94. The summed E-state index contributed by atoms with van der Waals surface area (Å²) in [5.74, 6) is -0.415. The third-order valence-electron chi connectivity index (χ3n) is 3.83. The minimum absolute atomic E-state index is 0.0823. The van der Waals surface area contributed by atoms with Crippen LogP contribution in [0.1, 0.15) is 16.8 Å². The molecule has 0 fully saturated rings. The number of carbonyl (C=O) groups excluding carboxylic acids is 1. The Labute approximate surface area is 146 Å². The van der Waals surface area contributed by atoms with Gasteiger partial charge in [-0.2, -0.15) is 0 Å². The van der Waals surface area contributed by atoms with Crippen LogP contribution in [0.4, 0.5) is 10.1 Å². The summed E-state index contributed by atoms with van der Waals surface area (Å²) >= 11 is 0. The molecule has 0 bridgehead atoms. The zero-order valence-corrected chi connectivity index (χ0v) is 13.9. The van der Waals surface area contributed by atoms with E-state index in [1.807, 2.05) is 31.2 Å². The van der Waals surface area contributed by atoms with Crippen molar-refractivity contribution in [3.8, 4) is 0 Å². The quantitative estimate of drug-likeness (QED) is 0.714.